The van der Waals surface area contributed by atoms with E-state index in [1.54, 1.807) is 0 Å². The van der Waals surface area contributed by atoms with Gasteiger partial charge in [0.15, 0.2) is 0 Å². The first kappa shape index (κ1) is 11.3. The zero-order valence-corrected chi connectivity index (χ0v) is 9.75. The van der Waals surface area contributed by atoms with Crippen LogP contribution in [0.1, 0.15) is 51.8 Å². The van der Waals surface area contributed by atoms with Crippen molar-refractivity contribution in [1.29, 1.82) is 0 Å². The molecule has 80 valence electrons. The molecule has 14 heavy (non-hydrogen) atoms. The molecule has 1 atom stereocenters. The lowest BCUT2D eigenvalue weighted by molar-refractivity contribution is 0.562. The molecule has 1 rings (SSSR count). The van der Waals surface area contributed by atoms with Crippen molar-refractivity contribution in [2.45, 2.75) is 46.2 Å². The van der Waals surface area contributed by atoms with Crippen LogP contribution in [0, 0.1) is 0 Å². The second kappa shape index (κ2) is 5.20. The van der Waals surface area contributed by atoms with Gasteiger partial charge < -0.3 is 9.88 Å². The van der Waals surface area contributed by atoms with Gasteiger partial charge in [0, 0.05) is 24.5 Å². The van der Waals surface area contributed by atoms with Gasteiger partial charge in [0.2, 0.25) is 0 Å². The van der Waals surface area contributed by atoms with Crippen molar-refractivity contribution in [3.8, 4) is 0 Å². The molecule has 0 spiro atoms. The van der Waals surface area contributed by atoms with E-state index in [0.29, 0.717) is 12.1 Å². The predicted octanol–water partition coefficient (Wildman–Crippen LogP) is 3.13. The molecule has 0 aliphatic rings. The molecule has 1 aromatic heterocycles. The first-order valence-corrected chi connectivity index (χ1v) is 5.56. The minimum Gasteiger partial charge on any atom is -0.351 e. The molecule has 0 bridgehead atoms. The van der Waals surface area contributed by atoms with Crippen LogP contribution in [0.2, 0.25) is 0 Å². The molecular weight excluding hydrogens is 172 g/mol. The van der Waals surface area contributed by atoms with Crippen molar-refractivity contribution in [3.05, 3.63) is 24.0 Å². The third-order valence-electron chi connectivity index (χ3n) is 2.53. The Balaban J connectivity index is 2.57. The molecule has 0 radical (unpaired) electrons. The minimum absolute atomic E-state index is 0.468. The highest BCUT2D eigenvalue weighted by Gasteiger charge is 2.06. The number of aromatic nitrogens is 1. The third kappa shape index (κ3) is 2.88. The Hall–Kier alpha value is -0.760. The Morgan fingerprint density at radius 2 is 2.07 bits per heavy atom. The Kier molecular flexibility index (Phi) is 4.21. The van der Waals surface area contributed by atoms with E-state index >= 15 is 0 Å². The summed E-state index contributed by atoms with van der Waals surface area (Å²) in [4.78, 5) is 0. The SMILES string of the molecule is CCCN[C@H](C)c1ccn(C(C)C)c1. The summed E-state index contributed by atoms with van der Waals surface area (Å²) in [5.74, 6) is 0. The Morgan fingerprint density at radius 1 is 1.36 bits per heavy atom. The van der Waals surface area contributed by atoms with Crippen LogP contribution in [0.5, 0.6) is 0 Å². The average molecular weight is 194 g/mol. The Labute approximate surface area is 87.3 Å². The second-order valence-electron chi connectivity index (χ2n) is 4.16. The van der Waals surface area contributed by atoms with Gasteiger partial charge in [-0.1, -0.05) is 6.92 Å². The van der Waals surface area contributed by atoms with Crippen molar-refractivity contribution >= 4 is 0 Å². The first-order valence-electron chi connectivity index (χ1n) is 5.56. The molecule has 2 nitrogen and oxygen atoms in total. The third-order valence-corrected chi connectivity index (χ3v) is 2.53. The summed E-state index contributed by atoms with van der Waals surface area (Å²) >= 11 is 0. The van der Waals surface area contributed by atoms with Gasteiger partial charge in [-0.05, 0) is 45.4 Å². The summed E-state index contributed by atoms with van der Waals surface area (Å²) in [7, 11) is 0. The van der Waals surface area contributed by atoms with Crippen LogP contribution in [-0.4, -0.2) is 11.1 Å². The van der Waals surface area contributed by atoms with Gasteiger partial charge in [0.25, 0.3) is 0 Å². The Morgan fingerprint density at radius 3 is 2.57 bits per heavy atom. The van der Waals surface area contributed by atoms with Crippen LogP contribution >= 0.6 is 0 Å². The highest BCUT2D eigenvalue weighted by atomic mass is 15.0. The molecule has 0 unspecified atom stereocenters. The highest BCUT2D eigenvalue weighted by Crippen LogP contribution is 2.15. The van der Waals surface area contributed by atoms with E-state index in [4.69, 9.17) is 0 Å². The van der Waals surface area contributed by atoms with Crippen LogP contribution < -0.4 is 5.32 Å². The smallest absolute Gasteiger partial charge is 0.0306 e. The van der Waals surface area contributed by atoms with Crippen molar-refractivity contribution in [1.82, 2.24) is 9.88 Å². The quantitative estimate of drug-likeness (QED) is 0.762. The molecule has 2 heteroatoms. The van der Waals surface area contributed by atoms with Gasteiger partial charge in [-0.25, -0.2) is 0 Å². The monoisotopic (exact) mass is 194 g/mol. The maximum absolute atomic E-state index is 3.49. The zero-order valence-electron chi connectivity index (χ0n) is 9.75. The molecule has 0 aromatic carbocycles. The zero-order chi connectivity index (χ0) is 10.6. The summed E-state index contributed by atoms with van der Waals surface area (Å²) in [6.07, 6.45) is 5.58. The topological polar surface area (TPSA) is 17.0 Å². The van der Waals surface area contributed by atoms with E-state index in [0.717, 1.165) is 6.54 Å². The molecule has 0 saturated heterocycles. The molecule has 0 fully saturated rings. The fraction of sp³-hybridized carbons (Fsp3) is 0.667. The fourth-order valence-corrected chi connectivity index (χ4v) is 1.49. The number of hydrogen-bond acceptors (Lipinski definition) is 1. The first-order chi connectivity index (χ1) is 6.65. The van der Waals surface area contributed by atoms with Gasteiger partial charge >= 0.3 is 0 Å². The van der Waals surface area contributed by atoms with Crippen molar-refractivity contribution in [3.63, 3.8) is 0 Å². The lowest BCUT2D eigenvalue weighted by Crippen LogP contribution is -2.18. The van der Waals surface area contributed by atoms with Gasteiger partial charge in [-0.3, -0.25) is 0 Å². The van der Waals surface area contributed by atoms with Gasteiger partial charge in [0.1, 0.15) is 0 Å². The number of nitrogens with one attached hydrogen (secondary N) is 1. The van der Waals surface area contributed by atoms with E-state index < -0.39 is 0 Å². The van der Waals surface area contributed by atoms with E-state index in [1.165, 1.54) is 12.0 Å². The summed E-state index contributed by atoms with van der Waals surface area (Å²) < 4.78 is 2.25. The molecule has 1 heterocycles. The van der Waals surface area contributed by atoms with Gasteiger partial charge in [-0.2, -0.15) is 0 Å². The standard InChI is InChI=1S/C12H22N2/c1-5-7-13-11(4)12-6-8-14(9-12)10(2)3/h6,8-11,13H,5,7H2,1-4H3/t11-/m1/s1. The normalized spacial score (nSPS) is 13.5. The lowest BCUT2D eigenvalue weighted by Gasteiger charge is -2.11. The summed E-state index contributed by atoms with van der Waals surface area (Å²) in [6.45, 7) is 9.91. The van der Waals surface area contributed by atoms with Crippen molar-refractivity contribution in [2.24, 2.45) is 0 Å². The molecule has 0 amide bonds. The van der Waals surface area contributed by atoms with Crippen LogP contribution in [0.4, 0.5) is 0 Å². The average Bonchev–Trinajstić information content (AvgIpc) is 2.62. The number of hydrogen-bond donors (Lipinski definition) is 1. The molecule has 0 saturated carbocycles. The van der Waals surface area contributed by atoms with Crippen molar-refractivity contribution in [2.75, 3.05) is 6.54 Å². The van der Waals surface area contributed by atoms with E-state index in [-0.39, 0.29) is 0 Å². The largest absolute Gasteiger partial charge is 0.351 e. The van der Waals surface area contributed by atoms with Crippen LogP contribution in [0.25, 0.3) is 0 Å². The fourth-order valence-electron chi connectivity index (χ4n) is 1.49. The predicted molar refractivity (Wildman–Crippen MR) is 61.5 cm³/mol. The van der Waals surface area contributed by atoms with E-state index in [9.17, 15) is 0 Å². The minimum atomic E-state index is 0.468. The van der Waals surface area contributed by atoms with Gasteiger partial charge in [-0.15, -0.1) is 0 Å². The van der Waals surface area contributed by atoms with Crippen LogP contribution in [0.3, 0.4) is 0 Å². The summed E-state index contributed by atoms with van der Waals surface area (Å²) in [5, 5.41) is 3.49. The molecule has 1 aromatic rings. The maximum atomic E-state index is 3.49. The molecule has 0 aliphatic carbocycles. The highest BCUT2D eigenvalue weighted by molar-refractivity contribution is 5.15. The summed E-state index contributed by atoms with van der Waals surface area (Å²) in [5.41, 5.74) is 1.38. The van der Waals surface area contributed by atoms with E-state index in [1.807, 2.05) is 0 Å². The van der Waals surface area contributed by atoms with Crippen LogP contribution in [-0.2, 0) is 0 Å². The van der Waals surface area contributed by atoms with Gasteiger partial charge in [0.05, 0.1) is 0 Å². The summed E-state index contributed by atoms with van der Waals surface area (Å²) in [6, 6.07) is 3.23. The van der Waals surface area contributed by atoms with Crippen LogP contribution in [0.15, 0.2) is 18.5 Å². The lowest BCUT2D eigenvalue weighted by atomic mass is 10.2. The number of rotatable bonds is 5. The molecular formula is C12H22N2. The second-order valence-corrected chi connectivity index (χ2v) is 4.16. The molecule has 0 aliphatic heterocycles. The molecule has 1 N–H and O–H groups in total. The van der Waals surface area contributed by atoms with Crippen molar-refractivity contribution < 1.29 is 0 Å². The maximum Gasteiger partial charge on any atom is 0.0306 e. The van der Waals surface area contributed by atoms with E-state index in [2.05, 4.69) is 56.0 Å². The number of nitrogens with zero attached hydrogens (tertiary/aromatic N) is 1. The Bertz CT molecular complexity index is 263.